The Bertz CT molecular complexity index is 2620. The predicted octanol–water partition coefficient (Wildman–Crippen LogP) is 5.28. The van der Waals surface area contributed by atoms with Crippen LogP contribution in [0.5, 0.6) is 5.75 Å². The van der Waals surface area contributed by atoms with E-state index in [2.05, 4.69) is 31.9 Å². The molecular weight excluding hydrogens is 1170 g/mol. The lowest BCUT2D eigenvalue weighted by Crippen LogP contribution is -2.55. The molecule has 25 heteroatoms. The molecule has 0 unspecified atom stereocenters. The number of esters is 6. The number of benzene rings is 1. The number of amides is 6. The van der Waals surface area contributed by atoms with Crippen molar-refractivity contribution in [3.8, 4) is 5.75 Å². The minimum Gasteiger partial charge on any atom is -0.488 e. The van der Waals surface area contributed by atoms with E-state index in [1.807, 2.05) is 20.8 Å². The number of cyclic esters (lactones) is 6. The molecule has 6 N–H and O–H groups in total. The van der Waals surface area contributed by atoms with Gasteiger partial charge in [-0.2, -0.15) is 0 Å². The highest BCUT2D eigenvalue weighted by molar-refractivity contribution is 5.96. The highest BCUT2D eigenvalue weighted by Crippen LogP contribution is 2.23. The summed E-state index contributed by atoms with van der Waals surface area (Å²) in [6.07, 6.45) is -9.77. The van der Waals surface area contributed by atoms with Crippen molar-refractivity contribution in [3.63, 3.8) is 0 Å². The Kier molecular flexibility index (Phi) is 31.4. The van der Waals surface area contributed by atoms with E-state index >= 15 is 0 Å². The third-order valence-corrected chi connectivity index (χ3v) is 14.2. The second kappa shape index (κ2) is 35.9. The summed E-state index contributed by atoms with van der Waals surface area (Å²) < 4.78 is 40.2. The quantitative estimate of drug-likeness (QED) is 0.102. The Hall–Kier alpha value is -7.34. The predicted molar refractivity (Wildman–Crippen MR) is 331 cm³/mol. The van der Waals surface area contributed by atoms with Gasteiger partial charge in [-0.25, -0.2) is 28.8 Å². The van der Waals surface area contributed by atoms with Crippen molar-refractivity contribution < 1.29 is 90.7 Å². The fourth-order valence-corrected chi connectivity index (χ4v) is 9.00. The van der Waals surface area contributed by atoms with Crippen LogP contribution in [0.15, 0.2) is 24.3 Å². The van der Waals surface area contributed by atoms with Gasteiger partial charge >= 0.3 is 35.8 Å². The van der Waals surface area contributed by atoms with Crippen molar-refractivity contribution in [2.75, 3.05) is 0 Å². The molecule has 1 fully saturated rings. The highest BCUT2D eigenvalue weighted by atomic mass is 16.6. The van der Waals surface area contributed by atoms with Crippen LogP contribution in [-0.4, -0.2) is 150 Å². The molecule has 6 amide bonds. The maximum Gasteiger partial charge on any atom is 0.329 e. The molecule has 12 atom stereocenters. The molecule has 1 aliphatic heterocycles. The van der Waals surface area contributed by atoms with Crippen LogP contribution in [0, 0.1) is 47.3 Å². The van der Waals surface area contributed by atoms with E-state index in [0.717, 1.165) is 0 Å². The second-order valence-electron chi connectivity index (χ2n) is 27.2. The molecule has 508 valence electrons. The lowest BCUT2D eigenvalue weighted by atomic mass is 10.0. The van der Waals surface area contributed by atoms with Crippen LogP contribution in [0.3, 0.4) is 0 Å². The summed E-state index contributed by atoms with van der Waals surface area (Å²) in [7, 11) is 0. The molecule has 1 aromatic rings. The van der Waals surface area contributed by atoms with E-state index in [1.165, 1.54) is 20.8 Å². The van der Waals surface area contributed by atoms with Gasteiger partial charge in [0.05, 0.1) is 0 Å². The SMILES string of the molecule is CC(C)C[C@H]1OC(=O)[C@H](Cc2ccc(OC(C)(C)C)cc2)NC(=O)[C@H](C)OC(=O)[C@@H](C(C)C)NC(=O)[C@@H](CC(C)C)OC(=O)[C@H](C(C)C)NC(=O)[C@H](C)OC(=O)[C@@H](C(C)C)NC(=O)[C@@H](CC(C)C)OC(=O)[C@H](C(C)C)NC(=O)[C@H](C)OC(=O)[C@@H](C(C)C)NC1=O. The van der Waals surface area contributed by atoms with Crippen LogP contribution in [0.25, 0.3) is 0 Å². The van der Waals surface area contributed by atoms with Crippen molar-refractivity contribution in [2.24, 2.45) is 47.3 Å². The van der Waals surface area contributed by atoms with Crippen LogP contribution >= 0.6 is 0 Å². The smallest absolute Gasteiger partial charge is 0.329 e. The Balaban J connectivity index is 2.81. The first-order valence-corrected chi connectivity index (χ1v) is 31.4. The van der Waals surface area contributed by atoms with Crippen LogP contribution in [0.1, 0.15) is 177 Å². The lowest BCUT2D eigenvalue weighted by Gasteiger charge is -2.29. The molecule has 0 aromatic heterocycles. The van der Waals surface area contributed by atoms with Gasteiger partial charge in [0, 0.05) is 6.42 Å². The molecule has 1 saturated heterocycles. The maximum absolute atomic E-state index is 14.5. The summed E-state index contributed by atoms with van der Waals surface area (Å²) in [5, 5.41) is 15.5. The monoisotopic (exact) mass is 1270 g/mol. The van der Waals surface area contributed by atoms with E-state index in [9.17, 15) is 57.5 Å². The van der Waals surface area contributed by atoms with Gasteiger partial charge in [-0.15, -0.1) is 0 Å². The minimum absolute atomic E-state index is 0.0429. The van der Waals surface area contributed by atoms with Crippen molar-refractivity contribution in [2.45, 2.75) is 256 Å². The van der Waals surface area contributed by atoms with E-state index in [0.29, 0.717) is 11.3 Å². The highest BCUT2D eigenvalue weighted by Gasteiger charge is 2.41. The summed E-state index contributed by atoms with van der Waals surface area (Å²) in [5.41, 5.74) is -0.0397. The summed E-state index contributed by atoms with van der Waals surface area (Å²) in [5.74, 6) is -15.6. The Morgan fingerprint density at radius 3 is 0.856 bits per heavy atom. The van der Waals surface area contributed by atoms with Gasteiger partial charge in [0.1, 0.15) is 47.6 Å². The third-order valence-electron chi connectivity index (χ3n) is 14.2. The van der Waals surface area contributed by atoms with Crippen LogP contribution in [-0.2, 0) is 92.4 Å². The normalized spacial score (nSPS) is 26.6. The van der Waals surface area contributed by atoms with Crippen LogP contribution in [0.4, 0.5) is 0 Å². The first kappa shape index (κ1) is 78.8. The van der Waals surface area contributed by atoms with E-state index in [1.54, 1.807) is 135 Å². The standard InChI is InChI=1S/C65H104N6O19/c1-31(2)27-45-56(75)69-49(35(9)10)61(80)85-40(18)54(73)67-52(38(15)16)64(83)89-47(29-33(5)6)58(77)71-50(36(11)12)62(81)86-41(19)55(74)68-51(37(13)14)63(82)88-46(28-32(3)4)57(76)70-48(34(7)8)60(79)84-39(17)53(72)66-44(59(78)87-45)30-42-23-25-43(26-24-42)90-65(20,21)22/h23-26,31-41,44-52H,27-30H2,1-22H3,(H,66,72)(H,67,73)(H,68,74)(H,69,75)(H,70,76)(H,71,77)/t39-,40-,41-,44-,45+,46+,47+,48+,49+,50+,51-,52-/m0/s1. The second-order valence-corrected chi connectivity index (χ2v) is 27.2. The van der Waals surface area contributed by atoms with Crippen molar-refractivity contribution in [1.29, 1.82) is 0 Å². The number of carbonyl (C=O) groups is 12. The Morgan fingerprint density at radius 2 is 0.600 bits per heavy atom. The molecule has 0 radical (unpaired) electrons. The van der Waals surface area contributed by atoms with Crippen molar-refractivity contribution >= 4 is 71.3 Å². The van der Waals surface area contributed by atoms with Crippen molar-refractivity contribution in [3.05, 3.63) is 29.8 Å². The molecule has 0 bridgehead atoms. The zero-order valence-electron chi connectivity index (χ0n) is 56.9. The third kappa shape index (κ3) is 26.2. The average Bonchev–Trinajstić information content (AvgIpc) is 1.70. The first-order chi connectivity index (χ1) is 41.5. The topological polar surface area (TPSA) is 342 Å². The molecule has 1 aliphatic rings. The minimum atomic E-state index is -1.62. The zero-order valence-corrected chi connectivity index (χ0v) is 56.9. The summed E-state index contributed by atoms with van der Waals surface area (Å²) in [4.78, 5) is 169. The molecule has 0 aliphatic carbocycles. The molecule has 1 heterocycles. The summed E-state index contributed by atoms with van der Waals surface area (Å²) >= 11 is 0. The summed E-state index contributed by atoms with van der Waals surface area (Å²) in [6.45, 7) is 35.8. The fraction of sp³-hybridized carbons (Fsp3) is 0.723. The molecular formula is C65H104N6O19. The van der Waals surface area contributed by atoms with E-state index < -0.39 is 179 Å². The Morgan fingerprint density at radius 1 is 0.356 bits per heavy atom. The fourth-order valence-electron chi connectivity index (χ4n) is 9.00. The van der Waals surface area contributed by atoms with E-state index in [-0.39, 0.29) is 43.4 Å². The number of ether oxygens (including phenoxy) is 7. The van der Waals surface area contributed by atoms with Gasteiger partial charge in [-0.05, 0) is 126 Å². The number of hydrogen-bond acceptors (Lipinski definition) is 19. The number of rotatable bonds is 14. The van der Waals surface area contributed by atoms with Gasteiger partial charge in [0.2, 0.25) is 0 Å². The van der Waals surface area contributed by atoms with Crippen LogP contribution < -0.4 is 36.6 Å². The molecule has 90 heavy (non-hydrogen) atoms. The molecule has 0 saturated carbocycles. The lowest BCUT2D eigenvalue weighted by molar-refractivity contribution is -0.166. The van der Waals surface area contributed by atoms with Gasteiger partial charge in [-0.3, -0.25) is 28.8 Å². The molecule has 25 nitrogen and oxygen atoms in total. The Labute approximate surface area is 531 Å². The van der Waals surface area contributed by atoms with Gasteiger partial charge < -0.3 is 65.1 Å². The van der Waals surface area contributed by atoms with Gasteiger partial charge in [0.25, 0.3) is 35.4 Å². The molecule has 2 rings (SSSR count). The number of hydrogen-bond donors (Lipinski definition) is 6. The van der Waals surface area contributed by atoms with E-state index in [4.69, 9.17) is 33.2 Å². The first-order valence-electron chi connectivity index (χ1n) is 31.4. The average molecular weight is 1270 g/mol. The maximum atomic E-state index is 14.5. The van der Waals surface area contributed by atoms with Gasteiger partial charge in [-0.1, -0.05) is 123 Å². The molecule has 1 aromatic carbocycles. The van der Waals surface area contributed by atoms with Crippen molar-refractivity contribution in [1.82, 2.24) is 31.9 Å². The molecule has 0 spiro atoms. The number of carbonyl (C=O) groups excluding carboxylic acids is 12. The van der Waals surface area contributed by atoms with Gasteiger partial charge in [0.15, 0.2) is 36.6 Å². The zero-order chi connectivity index (χ0) is 69.0. The summed E-state index contributed by atoms with van der Waals surface area (Å²) in [6, 6.07) is -1.97. The largest absolute Gasteiger partial charge is 0.488 e. The number of nitrogens with one attached hydrogen (secondary N) is 6. The van der Waals surface area contributed by atoms with Crippen LogP contribution in [0.2, 0.25) is 0 Å².